The van der Waals surface area contributed by atoms with Gasteiger partial charge in [-0.05, 0) is 60.8 Å². The van der Waals surface area contributed by atoms with Gasteiger partial charge < -0.3 is 9.84 Å². The van der Waals surface area contributed by atoms with E-state index in [1.54, 1.807) is 31.2 Å². The van der Waals surface area contributed by atoms with Gasteiger partial charge in [0, 0.05) is 16.1 Å². The van der Waals surface area contributed by atoms with Crippen LogP contribution in [0.3, 0.4) is 0 Å². The molecule has 1 saturated heterocycles. The first-order chi connectivity index (χ1) is 14.9. The SMILES string of the molecule is CCOc1cc(/C(O)=C2/C(=O)C(=O)N(c3ccc(F)cc3)C2c2cccs2)ccc1Cl. The Labute approximate surface area is 187 Å². The molecule has 0 aliphatic carbocycles. The Morgan fingerprint density at radius 2 is 1.94 bits per heavy atom. The van der Waals surface area contributed by atoms with Gasteiger partial charge in [0.1, 0.15) is 23.4 Å². The molecular formula is C23H17ClFNO4S. The summed E-state index contributed by atoms with van der Waals surface area (Å²) in [7, 11) is 0. The maximum Gasteiger partial charge on any atom is 0.300 e. The fraction of sp³-hybridized carbons (Fsp3) is 0.130. The summed E-state index contributed by atoms with van der Waals surface area (Å²) < 4.78 is 18.9. The lowest BCUT2D eigenvalue weighted by Gasteiger charge is -2.24. The molecular weight excluding hydrogens is 441 g/mol. The normalized spacial score (nSPS) is 17.9. The van der Waals surface area contributed by atoms with Crippen LogP contribution in [0, 0.1) is 5.82 Å². The predicted octanol–water partition coefficient (Wildman–Crippen LogP) is 5.57. The summed E-state index contributed by atoms with van der Waals surface area (Å²) >= 11 is 7.48. The number of rotatable bonds is 5. The number of halogens is 2. The monoisotopic (exact) mass is 457 g/mol. The van der Waals surface area contributed by atoms with Crippen molar-refractivity contribution in [3.63, 3.8) is 0 Å². The van der Waals surface area contributed by atoms with E-state index in [0.29, 0.717) is 33.5 Å². The van der Waals surface area contributed by atoms with Crippen LogP contribution in [0.5, 0.6) is 5.75 Å². The van der Waals surface area contributed by atoms with Crippen LogP contribution in [0.1, 0.15) is 23.4 Å². The molecule has 4 rings (SSSR count). The van der Waals surface area contributed by atoms with E-state index >= 15 is 0 Å². The number of carbonyl (C=O) groups is 2. The minimum Gasteiger partial charge on any atom is -0.507 e. The summed E-state index contributed by atoms with van der Waals surface area (Å²) in [6.45, 7) is 2.17. The van der Waals surface area contributed by atoms with Gasteiger partial charge in [-0.3, -0.25) is 14.5 Å². The van der Waals surface area contributed by atoms with Crippen LogP contribution < -0.4 is 9.64 Å². The summed E-state index contributed by atoms with van der Waals surface area (Å²) in [4.78, 5) is 27.9. The Kier molecular flexibility index (Phi) is 5.80. The highest BCUT2D eigenvalue weighted by Gasteiger charge is 2.47. The van der Waals surface area contributed by atoms with Crippen LogP contribution >= 0.6 is 22.9 Å². The molecule has 0 radical (unpaired) electrons. The number of amides is 1. The average Bonchev–Trinajstić information content (AvgIpc) is 3.37. The van der Waals surface area contributed by atoms with Crippen molar-refractivity contribution in [2.75, 3.05) is 11.5 Å². The molecule has 1 aliphatic rings. The molecule has 1 unspecified atom stereocenters. The second-order valence-electron chi connectivity index (χ2n) is 6.74. The van der Waals surface area contributed by atoms with Gasteiger partial charge in [-0.15, -0.1) is 11.3 Å². The highest BCUT2D eigenvalue weighted by molar-refractivity contribution is 7.10. The first-order valence-electron chi connectivity index (χ1n) is 9.45. The Balaban J connectivity index is 1.89. The zero-order valence-electron chi connectivity index (χ0n) is 16.3. The molecule has 1 atom stereocenters. The van der Waals surface area contributed by atoms with Gasteiger partial charge in [-0.25, -0.2) is 4.39 Å². The van der Waals surface area contributed by atoms with Gasteiger partial charge in [-0.1, -0.05) is 17.7 Å². The molecule has 0 saturated carbocycles. The summed E-state index contributed by atoms with van der Waals surface area (Å²) in [6.07, 6.45) is 0. The molecule has 2 heterocycles. The topological polar surface area (TPSA) is 66.8 Å². The molecule has 8 heteroatoms. The Morgan fingerprint density at radius 1 is 1.19 bits per heavy atom. The molecule has 31 heavy (non-hydrogen) atoms. The lowest BCUT2D eigenvalue weighted by molar-refractivity contribution is -0.132. The van der Waals surface area contributed by atoms with Crippen molar-refractivity contribution in [2.24, 2.45) is 0 Å². The lowest BCUT2D eigenvalue weighted by Crippen LogP contribution is -2.29. The maximum absolute atomic E-state index is 13.4. The van der Waals surface area contributed by atoms with Gasteiger partial charge in [0.15, 0.2) is 0 Å². The number of hydrogen-bond donors (Lipinski definition) is 1. The van der Waals surface area contributed by atoms with E-state index in [1.165, 1.54) is 46.6 Å². The number of carbonyl (C=O) groups excluding carboxylic acids is 2. The van der Waals surface area contributed by atoms with Crippen molar-refractivity contribution in [2.45, 2.75) is 13.0 Å². The summed E-state index contributed by atoms with van der Waals surface area (Å²) in [5.41, 5.74) is 0.597. The third kappa shape index (κ3) is 3.82. The molecule has 1 aliphatic heterocycles. The van der Waals surface area contributed by atoms with E-state index in [0.717, 1.165) is 0 Å². The highest BCUT2D eigenvalue weighted by Crippen LogP contribution is 2.44. The molecule has 158 valence electrons. The van der Waals surface area contributed by atoms with Crippen LogP contribution in [0.25, 0.3) is 5.76 Å². The van der Waals surface area contributed by atoms with Crippen LogP contribution in [0.15, 0.2) is 65.6 Å². The van der Waals surface area contributed by atoms with E-state index in [4.69, 9.17) is 16.3 Å². The predicted molar refractivity (Wildman–Crippen MR) is 118 cm³/mol. The zero-order valence-corrected chi connectivity index (χ0v) is 17.9. The molecule has 0 bridgehead atoms. The van der Waals surface area contributed by atoms with E-state index in [1.807, 2.05) is 5.38 Å². The van der Waals surface area contributed by atoms with Gasteiger partial charge in [-0.2, -0.15) is 0 Å². The van der Waals surface area contributed by atoms with Crippen molar-refractivity contribution in [3.8, 4) is 5.75 Å². The van der Waals surface area contributed by atoms with E-state index in [-0.39, 0.29) is 11.3 Å². The standard InChI is InChI=1S/C23H17ClFNO4S/c1-2-30-17-12-13(5-10-16(17)24)21(27)19-20(18-4-3-11-31-18)26(23(29)22(19)28)15-8-6-14(25)7-9-15/h3-12,20,27H,2H2,1H3/b21-19-. The molecule has 1 fully saturated rings. The highest BCUT2D eigenvalue weighted by atomic mass is 35.5. The van der Waals surface area contributed by atoms with Gasteiger partial charge >= 0.3 is 0 Å². The number of ketones is 1. The van der Waals surface area contributed by atoms with E-state index < -0.39 is 23.5 Å². The number of aliphatic hydroxyl groups is 1. The van der Waals surface area contributed by atoms with E-state index in [2.05, 4.69) is 0 Å². The third-order valence-electron chi connectivity index (χ3n) is 4.87. The van der Waals surface area contributed by atoms with Gasteiger partial charge in [0.25, 0.3) is 11.7 Å². The van der Waals surface area contributed by atoms with Crippen molar-refractivity contribution >= 4 is 46.1 Å². The van der Waals surface area contributed by atoms with Crippen LogP contribution in [-0.4, -0.2) is 23.4 Å². The summed E-state index contributed by atoms with van der Waals surface area (Å²) in [6, 6.07) is 12.6. The van der Waals surface area contributed by atoms with Crippen molar-refractivity contribution in [3.05, 3.63) is 86.8 Å². The van der Waals surface area contributed by atoms with Gasteiger partial charge in [0.05, 0.1) is 17.2 Å². The second kappa shape index (κ2) is 8.53. The Bertz CT molecular complexity index is 1170. The Morgan fingerprint density at radius 3 is 2.58 bits per heavy atom. The number of ether oxygens (including phenoxy) is 1. The molecule has 1 N–H and O–H groups in total. The summed E-state index contributed by atoms with van der Waals surface area (Å²) in [5.74, 6) is -2.07. The number of aliphatic hydroxyl groups excluding tert-OH is 1. The number of hydrogen-bond acceptors (Lipinski definition) is 5. The largest absolute Gasteiger partial charge is 0.507 e. The second-order valence-corrected chi connectivity index (χ2v) is 8.13. The fourth-order valence-corrected chi connectivity index (χ4v) is 4.48. The molecule has 3 aromatic rings. The minimum absolute atomic E-state index is 0.0541. The molecule has 0 spiro atoms. The van der Waals surface area contributed by atoms with Crippen LogP contribution in [0.2, 0.25) is 5.02 Å². The average molecular weight is 458 g/mol. The molecule has 5 nitrogen and oxygen atoms in total. The fourth-order valence-electron chi connectivity index (χ4n) is 3.49. The van der Waals surface area contributed by atoms with E-state index in [9.17, 15) is 19.1 Å². The number of Topliss-reactive ketones (excluding diaryl/α,β-unsaturated/α-hetero) is 1. The molecule has 2 aromatic carbocycles. The number of anilines is 1. The van der Waals surface area contributed by atoms with Gasteiger partial charge in [0.2, 0.25) is 0 Å². The minimum atomic E-state index is -0.850. The molecule has 1 amide bonds. The van der Waals surface area contributed by atoms with Crippen LogP contribution in [-0.2, 0) is 9.59 Å². The third-order valence-corrected chi connectivity index (χ3v) is 6.10. The van der Waals surface area contributed by atoms with Crippen molar-refractivity contribution < 1.29 is 23.8 Å². The molecule has 1 aromatic heterocycles. The van der Waals surface area contributed by atoms with Crippen molar-refractivity contribution in [1.29, 1.82) is 0 Å². The smallest absolute Gasteiger partial charge is 0.300 e. The zero-order chi connectivity index (χ0) is 22.1. The number of thiophene rings is 1. The maximum atomic E-state index is 13.4. The lowest BCUT2D eigenvalue weighted by atomic mass is 9.99. The van der Waals surface area contributed by atoms with Crippen LogP contribution in [0.4, 0.5) is 10.1 Å². The number of nitrogens with zero attached hydrogens (tertiary/aromatic N) is 1. The number of benzene rings is 2. The first-order valence-corrected chi connectivity index (χ1v) is 10.7. The Hall–Kier alpha value is -3.16. The van der Waals surface area contributed by atoms with Crippen molar-refractivity contribution in [1.82, 2.24) is 0 Å². The quantitative estimate of drug-likeness (QED) is 0.309. The summed E-state index contributed by atoms with van der Waals surface area (Å²) in [5, 5.41) is 13.3. The first kappa shape index (κ1) is 21.1.